The van der Waals surface area contributed by atoms with E-state index in [1.165, 1.54) is 37.8 Å². The number of benzene rings is 1. The summed E-state index contributed by atoms with van der Waals surface area (Å²) in [6, 6.07) is 6.23. The quantitative estimate of drug-likeness (QED) is 0.651. The summed E-state index contributed by atoms with van der Waals surface area (Å²) < 4.78 is 40.1. The van der Waals surface area contributed by atoms with Crippen LogP contribution in [0, 0.1) is 11.3 Å². The Morgan fingerprint density at radius 3 is 2.19 bits per heavy atom. The van der Waals surface area contributed by atoms with Crippen LogP contribution in [0.1, 0.15) is 51.5 Å². The van der Waals surface area contributed by atoms with E-state index in [4.69, 9.17) is 0 Å². The predicted octanol–water partition coefficient (Wildman–Crippen LogP) is 5.73. The molecule has 2 rings (SSSR count). The molecule has 0 aromatic heterocycles. The molecular formula is C17H23F3O. The molecule has 0 spiro atoms. The molecule has 1 aromatic rings. The third-order valence-corrected chi connectivity index (χ3v) is 4.31. The van der Waals surface area contributed by atoms with Crippen molar-refractivity contribution in [1.82, 2.24) is 0 Å². The summed E-state index contributed by atoms with van der Waals surface area (Å²) >= 11 is 0. The molecule has 118 valence electrons. The predicted molar refractivity (Wildman–Crippen MR) is 77.2 cm³/mol. The molecule has 0 heterocycles. The monoisotopic (exact) mass is 300 g/mol. The van der Waals surface area contributed by atoms with Gasteiger partial charge in [-0.2, -0.15) is 0 Å². The Bertz CT molecular complexity index is 444. The first-order valence-electron chi connectivity index (χ1n) is 7.58. The lowest BCUT2D eigenvalue weighted by Gasteiger charge is -2.34. The van der Waals surface area contributed by atoms with Crippen LogP contribution in [0.3, 0.4) is 0 Å². The molecular weight excluding hydrogens is 277 g/mol. The second-order valence-electron chi connectivity index (χ2n) is 6.86. The molecule has 0 unspecified atom stereocenters. The van der Waals surface area contributed by atoms with Gasteiger partial charge in [0.15, 0.2) is 0 Å². The summed E-state index contributed by atoms with van der Waals surface area (Å²) in [6.07, 6.45) is 2.66. The largest absolute Gasteiger partial charge is 0.573 e. The van der Waals surface area contributed by atoms with Gasteiger partial charge in [-0.15, -0.1) is 13.2 Å². The fourth-order valence-electron chi connectivity index (χ4n) is 2.92. The fraction of sp³-hybridized carbons (Fsp3) is 0.647. The average molecular weight is 300 g/mol. The highest BCUT2D eigenvalue weighted by Crippen LogP contribution is 2.39. The smallest absolute Gasteiger partial charge is 0.406 e. The Morgan fingerprint density at radius 1 is 1.10 bits per heavy atom. The summed E-state index contributed by atoms with van der Waals surface area (Å²) in [5.74, 6) is 0.725. The Labute approximate surface area is 124 Å². The van der Waals surface area contributed by atoms with Crippen LogP contribution < -0.4 is 4.74 Å². The lowest BCUT2D eigenvalue weighted by Crippen LogP contribution is -2.22. The van der Waals surface area contributed by atoms with Crippen LogP contribution in [-0.2, 0) is 6.42 Å². The zero-order chi connectivity index (χ0) is 15.5. The molecule has 1 aliphatic rings. The van der Waals surface area contributed by atoms with Crippen molar-refractivity contribution in [3.63, 3.8) is 0 Å². The van der Waals surface area contributed by atoms with Crippen LogP contribution in [0.5, 0.6) is 5.75 Å². The number of aryl methyl sites for hydroxylation is 1. The first-order chi connectivity index (χ1) is 9.73. The molecule has 21 heavy (non-hydrogen) atoms. The van der Waals surface area contributed by atoms with Crippen molar-refractivity contribution in [3.05, 3.63) is 29.8 Å². The van der Waals surface area contributed by atoms with E-state index < -0.39 is 6.36 Å². The van der Waals surface area contributed by atoms with Gasteiger partial charge in [0, 0.05) is 0 Å². The molecule has 0 N–H and O–H groups in total. The summed E-state index contributed by atoms with van der Waals surface area (Å²) in [6.45, 7) is 4.57. The molecule has 1 fully saturated rings. The van der Waals surface area contributed by atoms with Crippen LogP contribution in [0.4, 0.5) is 13.2 Å². The van der Waals surface area contributed by atoms with Gasteiger partial charge in [-0.25, -0.2) is 0 Å². The minimum atomic E-state index is -4.62. The van der Waals surface area contributed by atoms with Gasteiger partial charge in [0.05, 0.1) is 0 Å². The van der Waals surface area contributed by atoms with Crippen molar-refractivity contribution < 1.29 is 17.9 Å². The van der Waals surface area contributed by atoms with E-state index in [1.807, 2.05) is 0 Å². The topological polar surface area (TPSA) is 9.23 Å². The maximum Gasteiger partial charge on any atom is 0.573 e. The number of halogens is 3. The molecule has 0 amide bonds. The summed E-state index contributed by atoms with van der Waals surface area (Å²) in [4.78, 5) is 0. The highest BCUT2D eigenvalue weighted by molar-refractivity contribution is 5.27. The van der Waals surface area contributed by atoms with Crippen LogP contribution in [0.25, 0.3) is 0 Å². The second kappa shape index (κ2) is 6.29. The normalized spacial score (nSPS) is 16.6. The fourth-order valence-corrected chi connectivity index (χ4v) is 2.92. The third kappa shape index (κ3) is 5.60. The van der Waals surface area contributed by atoms with E-state index in [9.17, 15) is 13.2 Å². The average Bonchev–Trinajstić information content (AvgIpc) is 2.32. The Hall–Kier alpha value is -1.19. The zero-order valence-electron chi connectivity index (χ0n) is 12.7. The van der Waals surface area contributed by atoms with Crippen molar-refractivity contribution >= 4 is 0 Å². The van der Waals surface area contributed by atoms with Gasteiger partial charge in [-0.3, -0.25) is 0 Å². The van der Waals surface area contributed by atoms with Crippen molar-refractivity contribution in [1.29, 1.82) is 0 Å². The molecule has 0 radical (unpaired) electrons. The maximum atomic E-state index is 12.1. The Morgan fingerprint density at radius 2 is 1.71 bits per heavy atom. The maximum absolute atomic E-state index is 12.1. The third-order valence-electron chi connectivity index (χ3n) is 4.31. The molecule has 1 nitrogen and oxygen atoms in total. The first-order valence-corrected chi connectivity index (χ1v) is 7.58. The van der Waals surface area contributed by atoms with Gasteiger partial charge in [-0.1, -0.05) is 45.2 Å². The molecule has 4 heteroatoms. The number of hydrogen-bond acceptors (Lipinski definition) is 1. The summed E-state index contributed by atoms with van der Waals surface area (Å²) in [5, 5.41) is 0. The molecule has 0 bridgehead atoms. The summed E-state index contributed by atoms with van der Waals surface area (Å²) in [7, 11) is 0. The van der Waals surface area contributed by atoms with Gasteiger partial charge in [0.25, 0.3) is 0 Å². The van der Waals surface area contributed by atoms with Crippen LogP contribution in [0.2, 0.25) is 0 Å². The van der Waals surface area contributed by atoms with Crippen molar-refractivity contribution in [2.24, 2.45) is 11.3 Å². The van der Waals surface area contributed by atoms with Gasteiger partial charge in [0.1, 0.15) is 5.75 Å². The van der Waals surface area contributed by atoms with Crippen molar-refractivity contribution in [2.45, 2.75) is 58.7 Å². The van der Waals surface area contributed by atoms with Gasteiger partial charge < -0.3 is 4.74 Å². The van der Waals surface area contributed by atoms with Crippen molar-refractivity contribution in [3.8, 4) is 5.75 Å². The zero-order valence-corrected chi connectivity index (χ0v) is 12.7. The molecule has 0 saturated heterocycles. The Balaban J connectivity index is 1.82. The van der Waals surface area contributed by atoms with Crippen LogP contribution in [-0.4, -0.2) is 6.36 Å². The van der Waals surface area contributed by atoms with E-state index in [0.29, 0.717) is 5.41 Å². The SMILES string of the molecule is CC(C)(CCc1ccc(OC(F)(F)F)cc1)CC1CCC1. The lowest BCUT2D eigenvalue weighted by molar-refractivity contribution is -0.274. The minimum Gasteiger partial charge on any atom is -0.406 e. The highest BCUT2D eigenvalue weighted by Gasteiger charge is 2.31. The number of ether oxygens (including phenoxy) is 1. The first kappa shape index (κ1) is 16.2. The summed E-state index contributed by atoms with van der Waals surface area (Å²) in [5.41, 5.74) is 1.36. The van der Waals surface area contributed by atoms with Gasteiger partial charge >= 0.3 is 6.36 Å². The number of alkyl halides is 3. The van der Waals surface area contributed by atoms with Gasteiger partial charge in [0.2, 0.25) is 0 Å². The standard InChI is InChI=1S/C17H23F3O/c1-16(2,12-14-4-3-5-14)11-10-13-6-8-15(9-7-13)21-17(18,19)20/h6-9,14H,3-5,10-12H2,1-2H3. The number of rotatable bonds is 6. The minimum absolute atomic E-state index is 0.153. The molecule has 1 aliphatic carbocycles. The van der Waals surface area contributed by atoms with Crippen molar-refractivity contribution in [2.75, 3.05) is 0 Å². The highest BCUT2D eigenvalue weighted by atomic mass is 19.4. The van der Waals surface area contributed by atoms with E-state index in [0.717, 1.165) is 24.3 Å². The van der Waals surface area contributed by atoms with E-state index in [2.05, 4.69) is 18.6 Å². The second-order valence-corrected chi connectivity index (χ2v) is 6.86. The number of hydrogen-bond donors (Lipinski definition) is 0. The van der Waals surface area contributed by atoms with E-state index in [1.54, 1.807) is 12.1 Å². The van der Waals surface area contributed by atoms with Crippen LogP contribution in [0.15, 0.2) is 24.3 Å². The molecule has 1 aromatic carbocycles. The molecule has 0 aliphatic heterocycles. The van der Waals surface area contributed by atoms with E-state index >= 15 is 0 Å². The van der Waals surface area contributed by atoms with Gasteiger partial charge in [-0.05, 0) is 48.3 Å². The lowest BCUT2D eigenvalue weighted by atomic mass is 9.71. The molecule has 0 atom stereocenters. The van der Waals surface area contributed by atoms with Crippen LogP contribution >= 0.6 is 0 Å². The molecule has 1 saturated carbocycles. The Kier molecular flexibility index (Phi) is 4.84. The van der Waals surface area contributed by atoms with E-state index in [-0.39, 0.29) is 5.75 Å².